The van der Waals surface area contributed by atoms with Crippen molar-refractivity contribution in [3.63, 3.8) is 0 Å². The molecule has 0 aromatic heterocycles. The number of β-amino-alcohol motifs (C(OH)–C–C–N with tert-alkyl or cyclic N) is 1. The van der Waals surface area contributed by atoms with Crippen LogP contribution in [0.3, 0.4) is 0 Å². The van der Waals surface area contributed by atoms with Crippen LogP contribution in [0.25, 0.3) is 0 Å². The molecule has 1 aliphatic heterocycles. The Morgan fingerprint density at radius 1 is 1.44 bits per heavy atom. The van der Waals surface area contributed by atoms with Gasteiger partial charge in [-0.25, -0.2) is 0 Å². The number of aliphatic hydroxyl groups is 1. The lowest BCUT2D eigenvalue weighted by atomic mass is 9.92. The molecular formula is C14H21ClN2O. The van der Waals surface area contributed by atoms with Gasteiger partial charge in [0.2, 0.25) is 0 Å². The van der Waals surface area contributed by atoms with E-state index < -0.39 is 5.60 Å². The summed E-state index contributed by atoms with van der Waals surface area (Å²) in [5.41, 5.74) is 6.47. The molecule has 1 saturated heterocycles. The number of likely N-dealkylation sites (tertiary alicyclic amines) is 1. The standard InChI is InChI=1S/C14H21ClN2O/c1-14(18)7-2-8-17(10-14)13(9-16)11-3-5-12(15)6-4-11/h3-6,13,18H,2,7-10,16H2,1H3. The number of benzene rings is 1. The number of hydrogen-bond donors (Lipinski definition) is 2. The summed E-state index contributed by atoms with van der Waals surface area (Å²) in [5, 5.41) is 10.9. The van der Waals surface area contributed by atoms with Gasteiger partial charge in [-0.1, -0.05) is 23.7 Å². The minimum atomic E-state index is -0.599. The van der Waals surface area contributed by atoms with Crippen LogP contribution >= 0.6 is 11.6 Å². The minimum absolute atomic E-state index is 0.161. The molecule has 2 unspecified atom stereocenters. The van der Waals surface area contributed by atoms with Crippen molar-refractivity contribution >= 4 is 11.6 Å². The van der Waals surface area contributed by atoms with Gasteiger partial charge in [-0.2, -0.15) is 0 Å². The molecular weight excluding hydrogens is 248 g/mol. The molecule has 3 N–H and O–H groups in total. The summed E-state index contributed by atoms with van der Waals surface area (Å²) in [6.07, 6.45) is 1.87. The van der Waals surface area contributed by atoms with Gasteiger partial charge in [-0.05, 0) is 44.0 Å². The summed E-state index contributed by atoms with van der Waals surface area (Å²) >= 11 is 5.91. The molecule has 2 atom stereocenters. The van der Waals surface area contributed by atoms with Crippen molar-refractivity contribution in [1.29, 1.82) is 0 Å². The van der Waals surface area contributed by atoms with Gasteiger partial charge < -0.3 is 10.8 Å². The fourth-order valence-corrected chi connectivity index (χ4v) is 2.83. The average molecular weight is 269 g/mol. The fourth-order valence-electron chi connectivity index (χ4n) is 2.71. The number of rotatable bonds is 3. The van der Waals surface area contributed by atoms with Gasteiger partial charge >= 0.3 is 0 Å². The molecule has 1 aromatic carbocycles. The van der Waals surface area contributed by atoms with Crippen LogP contribution in [0.1, 0.15) is 31.4 Å². The Labute approximate surface area is 114 Å². The van der Waals surface area contributed by atoms with Crippen LogP contribution in [0.2, 0.25) is 5.02 Å². The van der Waals surface area contributed by atoms with Crippen molar-refractivity contribution in [2.45, 2.75) is 31.4 Å². The number of piperidine rings is 1. The molecule has 0 aliphatic carbocycles. The summed E-state index contributed by atoms with van der Waals surface area (Å²) in [4.78, 5) is 2.27. The summed E-state index contributed by atoms with van der Waals surface area (Å²) < 4.78 is 0. The first-order valence-corrected chi connectivity index (χ1v) is 6.81. The Kier molecular flexibility index (Phi) is 4.28. The van der Waals surface area contributed by atoms with Crippen molar-refractivity contribution < 1.29 is 5.11 Å². The van der Waals surface area contributed by atoms with Crippen LogP contribution in [0.15, 0.2) is 24.3 Å². The summed E-state index contributed by atoms with van der Waals surface area (Å²) in [6, 6.07) is 7.98. The second-order valence-electron chi connectivity index (χ2n) is 5.37. The van der Waals surface area contributed by atoms with E-state index in [-0.39, 0.29) is 6.04 Å². The maximum absolute atomic E-state index is 10.2. The van der Waals surface area contributed by atoms with Crippen LogP contribution in [0.5, 0.6) is 0 Å². The zero-order chi connectivity index (χ0) is 13.2. The van der Waals surface area contributed by atoms with E-state index >= 15 is 0 Å². The number of nitrogens with zero attached hydrogens (tertiary/aromatic N) is 1. The largest absolute Gasteiger partial charge is 0.389 e. The van der Waals surface area contributed by atoms with Crippen LogP contribution in [0.4, 0.5) is 0 Å². The van der Waals surface area contributed by atoms with Crippen molar-refractivity contribution in [3.8, 4) is 0 Å². The molecule has 1 fully saturated rings. The van der Waals surface area contributed by atoms with Crippen molar-refractivity contribution in [2.24, 2.45) is 5.73 Å². The van der Waals surface area contributed by atoms with Gasteiger partial charge in [-0.15, -0.1) is 0 Å². The van der Waals surface area contributed by atoms with E-state index in [2.05, 4.69) is 4.90 Å². The molecule has 100 valence electrons. The fraction of sp³-hybridized carbons (Fsp3) is 0.571. The minimum Gasteiger partial charge on any atom is -0.389 e. The number of hydrogen-bond acceptors (Lipinski definition) is 3. The van der Waals surface area contributed by atoms with E-state index in [0.717, 1.165) is 24.4 Å². The lowest BCUT2D eigenvalue weighted by Gasteiger charge is -2.41. The average Bonchev–Trinajstić information content (AvgIpc) is 2.31. The summed E-state index contributed by atoms with van der Waals surface area (Å²) in [6.45, 7) is 4.12. The van der Waals surface area contributed by atoms with E-state index in [1.165, 1.54) is 5.56 Å². The predicted octanol–water partition coefficient (Wildman–Crippen LogP) is 2.19. The third-order valence-electron chi connectivity index (χ3n) is 3.62. The first-order valence-electron chi connectivity index (χ1n) is 6.44. The number of nitrogens with two attached hydrogens (primary N) is 1. The second kappa shape index (κ2) is 5.57. The van der Waals surface area contributed by atoms with Gasteiger partial charge in [0, 0.05) is 24.2 Å². The lowest BCUT2D eigenvalue weighted by Crippen LogP contribution is -2.48. The zero-order valence-corrected chi connectivity index (χ0v) is 11.5. The normalized spacial score (nSPS) is 27.1. The monoisotopic (exact) mass is 268 g/mol. The van der Waals surface area contributed by atoms with E-state index in [4.69, 9.17) is 17.3 Å². The van der Waals surface area contributed by atoms with Crippen LogP contribution < -0.4 is 5.73 Å². The summed E-state index contributed by atoms with van der Waals surface area (Å²) in [7, 11) is 0. The molecule has 1 aromatic rings. The van der Waals surface area contributed by atoms with Crippen molar-refractivity contribution in [2.75, 3.05) is 19.6 Å². The smallest absolute Gasteiger partial charge is 0.0746 e. The van der Waals surface area contributed by atoms with Gasteiger partial charge in [-0.3, -0.25) is 4.90 Å². The highest BCUT2D eigenvalue weighted by molar-refractivity contribution is 6.30. The van der Waals surface area contributed by atoms with Gasteiger partial charge in [0.25, 0.3) is 0 Å². The Morgan fingerprint density at radius 2 is 2.11 bits per heavy atom. The highest BCUT2D eigenvalue weighted by atomic mass is 35.5. The molecule has 0 amide bonds. The van der Waals surface area contributed by atoms with Crippen LogP contribution in [0, 0.1) is 0 Å². The summed E-state index contributed by atoms with van der Waals surface area (Å²) in [5.74, 6) is 0. The topological polar surface area (TPSA) is 49.5 Å². The molecule has 1 aliphatic rings. The maximum atomic E-state index is 10.2. The Bertz CT molecular complexity index is 391. The van der Waals surface area contributed by atoms with Gasteiger partial charge in [0.1, 0.15) is 0 Å². The van der Waals surface area contributed by atoms with Gasteiger partial charge in [0.05, 0.1) is 5.60 Å². The third-order valence-corrected chi connectivity index (χ3v) is 3.88. The Morgan fingerprint density at radius 3 is 2.67 bits per heavy atom. The molecule has 1 heterocycles. The molecule has 18 heavy (non-hydrogen) atoms. The zero-order valence-electron chi connectivity index (χ0n) is 10.8. The quantitative estimate of drug-likeness (QED) is 0.884. The SMILES string of the molecule is CC1(O)CCCN(C(CN)c2ccc(Cl)cc2)C1. The van der Waals surface area contributed by atoms with E-state index in [9.17, 15) is 5.11 Å². The first-order chi connectivity index (χ1) is 8.52. The Balaban J connectivity index is 2.15. The maximum Gasteiger partial charge on any atom is 0.0746 e. The first kappa shape index (κ1) is 13.8. The predicted molar refractivity (Wildman–Crippen MR) is 74.7 cm³/mol. The molecule has 4 heteroatoms. The van der Waals surface area contributed by atoms with Crippen molar-refractivity contribution in [1.82, 2.24) is 4.90 Å². The Hall–Kier alpha value is -0.610. The molecule has 0 radical (unpaired) electrons. The van der Waals surface area contributed by atoms with Crippen LogP contribution in [-0.4, -0.2) is 35.2 Å². The molecule has 0 bridgehead atoms. The highest BCUT2D eigenvalue weighted by Gasteiger charge is 2.32. The molecule has 3 nitrogen and oxygen atoms in total. The van der Waals surface area contributed by atoms with Crippen molar-refractivity contribution in [3.05, 3.63) is 34.9 Å². The molecule has 0 spiro atoms. The molecule has 2 rings (SSSR count). The van der Waals surface area contributed by atoms with E-state index in [1.54, 1.807) is 0 Å². The van der Waals surface area contributed by atoms with Crippen LogP contribution in [-0.2, 0) is 0 Å². The second-order valence-corrected chi connectivity index (χ2v) is 5.81. The van der Waals surface area contributed by atoms with E-state index in [1.807, 2.05) is 31.2 Å². The lowest BCUT2D eigenvalue weighted by molar-refractivity contribution is -0.0292. The third kappa shape index (κ3) is 3.23. The highest BCUT2D eigenvalue weighted by Crippen LogP contribution is 2.28. The van der Waals surface area contributed by atoms with Gasteiger partial charge in [0.15, 0.2) is 0 Å². The van der Waals surface area contributed by atoms with E-state index in [0.29, 0.717) is 13.1 Å². The number of halogens is 1. The molecule has 0 saturated carbocycles.